The van der Waals surface area contributed by atoms with E-state index >= 15 is 0 Å². The van der Waals surface area contributed by atoms with Crippen molar-refractivity contribution in [2.24, 2.45) is 0 Å². The largest absolute Gasteiger partial charge is 0.467 e. The van der Waals surface area contributed by atoms with Gasteiger partial charge in [-0.25, -0.2) is 4.68 Å². The first-order valence-corrected chi connectivity index (χ1v) is 6.56. The lowest BCUT2D eigenvalue weighted by atomic mass is 10.2. The van der Waals surface area contributed by atoms with Crippen molar-refractivity contribution >= 4 is 5.91 Å². The highest BCUT2D eigenvalue weighted by Crippen LogP contribution is 2.03. The SMILES string of the molecule is O=C(NCc1ccco1)c1cn(Cc2ccccc2)nn1. The van der Waals surface area contributed by atoms with Crippen LogP contribution in [0.2, 0.25) is 0 Å². The summed E-state index contributed by atoms with van der Waals surface area (Å²) >= 11 is 0. The van der Waals surface area contributed by atoms with Gasteiger partial charge in [-0.3, -0.25) is 4.79 Å². The lowest BCUT2D eigenvalue weighted by Crippen LogP contribution is -2.22. The summed E-state index contributed by atoms with van der Waals surface area (Å²) in [6.45, 7) is 0.913. The molecule has 6 nitrogen and oxygen atoms in total. The van der Waals surface area contributed by atoms with E-state index in [1.165, 1.54) is 0 Å². The van der Waals surface area contributed by atoms with E-state index in [0.29, 0.717) is 18.8 Å². The van der Waals surface area contributed by atoms with Crippen molar-refractivity contribution in [2.75, 3.05) is 0 Å². The van der Waals surface area contributed by atoms with Crippen LogP contribution in [-0.4, -0.2) is 20.9 Å². The number of benzene rings is 1. The minimum absolute atomic E-state index is 0.272. The molecule has 1 N–H and O–H groups in total. The molecule has 0 bridgehead atoms. The van der Waals surface area contributed by atoms with E-state index in [9.17, 15) is 4.79 Å². The first-order chi connectivity index (χ1) is 10.3. The summed E-state index contributed by atoms with van der Waals surface area (Å²) in [5.41, 5.74) is 1.39. The maximum absolute atomic E-state index is 11.9. The Kier molecular flexibility index (Phi) is 3.77. The zero-order chi connectivity index (χ0) is 14.5. The van der Waals surface area contributed by atoms with Gasteiger partial charge in [0.2, 0.25) is 0 Å². The fourth-order valence-corrected chi connectivity index (χ4v) is 1.92. The molecular weight excluding hydrogens is 268 g/mol. The van der Waals surface area contributed by atoms with Crippen LogP contribution in [0.5, 0.6) is 0 Å². The second-order valence-corrected chi connectivity index (χ2v) is 4.55. The van der Waals surface area contributed by atoms with E-state index in [0.717, 1.165) is 5.56 Å². The number of carbonyl (C=O) groups excluding carboxylic acids is 1. The highest BCUT2D eigenvalue weighted by atomic mass is 16.3. The van der Waals surface area contributed by atoms with Crippen molar-refractivity contribution in [3.8, 4) is 0 Å². The van der Waals surface area contributed by atoms with E-state index in [2.05, 4.69) is 15.6 Å². The summed E-state index contributed by atoms with van der Waals surface area (Å²) < 4.78 is 6.78. The average Bonchev–Trinajstić information content (AvgIpc) is 3.17. The molecule has 3 aromatic rings. The molecule has 2 aromatic heterocycles. The zero-order valence-electron chi connectivity index (χ0n) is 11.3. The van der Waals surface area contributed by atoms with Crippen LogP contribution in [0.25, 0.3) is 0 Å². The molecule has 21 heavy (non-hydrogen) atoms. The summed E-state index contributed by atoms with van der Waals surface area (Å²) in [5, 5.41) is 10.6. The maximum atomic E-state index is 11.9. The van der Waals surface area contributed by atoms with Gasteiger partial charge in [0.25, 0.3) is 5.91 Å². The number of carbonyl (C=O) groups is 1. The van der Waals surface area contributed by atoms with Crippen LogP contribution in [0.1, 0.15) is 21.8 Å². The van der Waals surface area contributed by atoms with Crippen LogP contribution >= 0.6 is 0 Å². The molecule has 1 aromatic carbocycles. The van der Waals surface area contributed by atoms with Gasteiger partial charge < -0.3 is 9.73 Å². The minimum Gasteiger partial charge on any atom is -0.467 e. The van der Waals surface area contributed by atoms with Crippen LogP contribution < -0.4 is 5.32 Å². The standard InChI is InChI=1S/C15H14N4O2/c20-15(16-9-13-7-4-8-21-13)14-11-19(18-17-14)10-12-5-2-1-3-6-12/h1-8,11H,9-10H2,(H,16,20). The summed E-state index contributed by atoms with van der Waals surface area (Å²) in [4.78, 5) is 11.9. The molecule has 2 heterocycles. The molecule has 0 atom stereocenters. The second-order valence-electron chi connectivity index (χ2n) is 4.55. The van der Waals surface area contributed by atoms with Crippen molar-refractivity contribution in [2.45, 2.75) is 13.1 Å². The van der Waals surface area contributed by atoms with Gasteiger partial charge in [-0.05, 0) is 17.7 Å². The van der Waals surface area contributed by atoms with Gasteiger partial charge in [0.05, 0.1) is 25.5 Å². The molecule has 0 aliphatic carbocycles. The van der Waals surface area contributed by atoms with Crippen molar-refractivity contribution in [3.63, 3.8) is 0 Å². The summed E-state index contributed by atoms with van der Waals surface area (Å²) in [7, 11) is 0. The molecule has 3 rings (SSSR count). The third kappa shape index (κ3) is 3.36. The van der Waals surface area contributed by atoms with E-state index in [1.807, 2.05) is 30.3 Å². The number of amides is 1. The average molecular weight is 282 g/mol. The molecule has 1 amide bonds. The van der Waals surface area contributed by atoms with Crippen molar-refractivity contribution in [1.29, 1.82) is 0 Å². The monoisotopic (exact) mass is 282 g/mol. The Hall–Kier alpha value is -2.89. The van der Waals surface area contributed by atoms with Crippen LogP contribution in [0.15, 0.2) is 59.3 Å². The van der Waals surface area contributed by atoms with Crippen LogP contribution in [0.3, 0.4) is 0 Å². The molecule has 0 aliphatic rings. The van der Waals surface area contributed by atoms with Gasteiger partial charge in [0, 0.05) is 0 Å². The van der Waals surface area contributed by atoms with E-state index in [1.54, 1.807) is 29.3 Å². The van der Waals surface area contributed by atoms with Crippen LogP contribution in [0, 0.1) is 0 Å². The molecule has 106 valence electrons. The van der Waals surface area contributed by atoms with E-state index < -0.39 is 0 Å². The van der Waals surface area contributed by atoms with Crippen molar-refractivity contribution in [1.82, 2.24) is 20.3 Å². The molecule has 0 aliphatic heterocycles. The first-order valence-electron chi connectivity index (χ1n) is 6.56. The molecule has 0 unspecified atom stereocenters. The Morgan fingerprint density at radius 2 is 2.05 bits per heavy atom. The molecule has 0 saturated heterocycles. The normalized spacial score (nSPS) is 10.5. The van der Waals surface area contributed by atoms with Gasteiger partial charge >= 0.3 is 0 Å². The van der Waals surface area contributed by atoms with E-state index in [4.69, 9.17) is 4.42 Å². The molecular formula is C15H14N4O2. The number of rotatable bonds is 5. The Balaban J connectivity index is 1.60. The Labute approximate surface area is 121 Å². The molecule has 0 radical (unpaired) electrons. The van der Waals surface area contributed by atoms with Crippen LogP contribution in [0.4, 0.5) is 0 Å². The minimum atomic E-state index is -0.272. The highest BCUT2D eigenvalue weighted by Gasteiger charge is 2.11. The third-order valence-corrected chi connectivity index (χ3v) is 2.96. The maximum Gasteiger partial charge on any atom is 0.273 e. The predicted octanol–water partition coefficient (Wildman–Crippen LogP) is 1.85. The number of hydrogen-bond donors (Lipinski definition) is 1. The first kappa shape index (κ1) is 13.1. The summed E-state index contributed by atoms with van der Waals surface area (Å²) in [6.07, 6.45) is 3.20. The summed E-state index contributed by atoms with van der Waals surface area (Å²) in [6, 6.07) is 13.5. The molecule has 0 spiro atoms. The molecule has 6 heteroatoms. The Bertz CT molecular complexity index is 704. The fraction of sp³-hybridized carbons (Fsp3) is 0.133. The predicted molar refractivity (Wildman–Crippen MR) is 75.4 cm³/mol. The smallest absolute Gasteiger partial charge is 0.273 e. The second kappa shape index (κ2) is 6.04. The number of aromatic nitrogens is 3. The number of nitrogens with zero attached hydrogens (tertiary/aromatic N) is 3. The van der Waals surface area contributed by atoms with Crippen molar-refractivity contribution in [3.05, 3.63) is 71.9 Å². The van der Waals surface area contributed by atoms with E-state index in [-0.39, 0.29) is 11.6 Å². The molecule has 0 saturated carbocycles. The topological polar surface area (TPSA) is 73.0 Å². The van der Waals surface area contributed by atoms with Gasteiger partial charge in [-0.2, -0.15) is 0 Å². The van der Waals surface area contributed by atoms with Gasteiger partial charge in [0.15, 0.2) is 5.69 Å². The quantitative estimate of drug-likeness (QED) is 0.775. The zero-order valence-corrected chi connectivity index (χ0v) is 11.3. The third-order valence-electron chi connectivity index (χ3n) is 2.96. The Morgan fingerprint density at radius 3 is 2.81 bits per heavy atom. The number of hydrogen-bond acceptors (Lipinski definition) is 4. The Morgan fingerprint density at radius 1 is 1.19 bits per heavy atom. The highest BCUT2D eigenvalue weighted by molar-refractivity contribution is 5.91. The fourth-order valence-electron chi connectivity index (χ4n) is 1.92. The van der Waals surface area contributed by atoms with Gasteiger partial charge in [-0.1, -0.05) is 35.5 Å². The lowest BCUT2D eigenvalue weighted by Gasteiger charge is -2.00. The number of furan rings is 1. The summed E-state index contributed by atoms with van der Waals surface area (Å²) in [5.74, 6) is 0.422. The van der Waals surface area contributed by atoms with Gasteiger partial charge in [0.1, 0.15) is 5.76 Å². The number of nitrogens with one attached hydrogen (secondary N) is 1. The van der Waals surface area contributed by atoms with Gasteiger partial charge in [-0.15, -0.1) is 5.10 Å². The van der Waals surface area contributed by atoms with Crippen LogP contribution in [-0.2, 0) is 13.1 Å². The van der Waals surface area contributed by atoms with Crippen molar-refractivity contribution < 1.29 is 9.21 Å². The lowest BCUT2D eigenvalue weighted by molar-refractivity contribution is 0.0943. The molecule has 0 fully saturated rings.